The van der Waals surface area contributed by atoms with E-state index < -0.39 is 63.7 Å². The van der Waals surface area contributed by atoms with Crippen LogP contribution >= 0.6 is 0 Å². The number of carbonyl (C=O) groups excluding carboxylic acids is 4. The van der Waals surface area contributed by atoms with Gasteiger partial charge in [0, 0.05) is 51.8 Å². The van der Waals surface area contributed by atoms with Crippen LogP contribution in [-0.2, 0) is 20.8 Å². The highest BCUT2D eigenvalue weighted by molar-refractivity contribution is 6.22. The molecule has 11 nitrogen and oxygen atoms in total. The quantitative estimate of drug-likeness (QED) is 0.373. The minimum atomic E-state index is -2.63. The molecule has 0 saturated heterocycles. The normalized spacial score (nSPS) is 25.6. The van der Waals surface area contributed by atoms with Gasteiger partial charge in [-0.1, -0.05) is 0 Å². The molecule has 1 aromatic carbocycles. The number of phenolic OH excluding ortho intramolecular Hbond substituents is 1. The van der Waals surface area contributed by atoms with E-state index in [1.54, 1.807) is 19.0 Å². The summed E-state index contributed by atoms with van der Waals surface area (Å²) in [4.78, 5) is 53.4. The third-order valence-electron chi connectivity index (χ3n) is 7.16. The molecule has 1 aromatic rings. The Balaban J connectivity index is 1.99. The van der Waals surface area contributed by atoms with Gasteiger partial charge in [-0.15, -0.1) is 0 Å². The van der Waals surface area contributed by atoms with Gasteiger partial charge in [0.05, 0.1) is 11.1 Å². The number of aromatic hydroxyl groups is 1. The molecule has 0 radical (unpaired) electrons. The Morgan fingerprint density at radius 3 is 2.26 bits per heavy atom. The van der Waals surface area contributed by atoms with Crippen LogP contribution in [-0.4, -0.2) is 82.5 Å². The first-order valence-corrected chi connectivity index (χ1v) is 11.0. The van der Waals surface area contributed by atoms with Gasteiger partial charge in [-0.2, -0.15) is 0 Å². The van der Waals surface area contributed by atoms with Crippen LogP contribution in [0.5, 0.6) is 5.75 Å². The van der Waals surface area contributed by atoms with E-state index in [1.165, 1.54) is 25.1 Å². The molecule has 0 heterocycles. The van der Waals surface area contributed by atoms with E-state index in [0.717, 1.165) is 0 Å². The van der Waals surface area contributed by atoms with Gasteiger partial charge in [0.15, 0.2) is 11.4 Å². The maximum atomic E-state index is 13.6. The molecule has 1 unspecified atom stereocenters. The van der Waals surface area contributed by atoms with E-state index in [1.807, 2.05) is 0 Å². The second-order valence-corrected chi connectivity index (χ2v) is 9.65. The summed E-state index contributed by atoms with van der Waals surface area (Å²) in [7, 11) is 6.46. The fourth-order valence-corrected chi connectivity index (χ4v) is 5.47. The van der Waals surface area contributed by atoms with Crippen LogP contribution in [0.3, 0.4) is 0 Å². The van der Waals surface area contributed by atoms with Gasteiger partial charge in [-0.25, -0.2) is 0 Å². The van der Waals surface area contributed by atoms with Crippen LogP contribution in [0.1, 0.15) is 34.3 Å². The molecule has 0 aromatic heterocycles. The molecular weight excluding hydrogens is 458 g/mol. The number of carbonyl (C=O) groups is 4. The van der Waals surface area contributed by atoms with E-state index in [0.29, 0.717) is 11.3 Å². The number of aliphatic hydroxyl groups excluding tert-OH is 2. The van der Waals surface area contributed by atoms with Crippen molar-refractivity contribution in [3.05, 3.63) is 39.7 Å². The molecule has 4 rings (SSSR count). The lowest BCUT2D eigenvalue weighted by molar-refractivity contribution is -0.147. The molecule has 1 fully saturated rings. The third-order valence-corrected chi connectivity index (χ3v) is 7.16. The van der Waals surface area contributed by atoms with Gasteiger partial charge in [-0.05, 0) is 30.4 Å². The molecule has 3 aliphatic carbocycles. The first-order chi connectivity index (χ1) is 16.2. The monoisotopic (exact) mass is 485 g/mol. The predicted molar refractivity (Wildman–Crippen MR) is 124 cm³/mol. The fourth-order valence-electron chi connectivity index (χ4n) is 5.47. The molecule has 6 N–H and O–H groups in total. The third kappa shape index (κ3) is 3.22. The highest BCUT2D eigenvalue weighted by Gasteiger charge is 2.60. The van der Waals surface area contributed by atoms with E-state index in [4.69, 9.17) is 5.73 Å². The summed E-state index contributed by atoms with van der Waals surface area (Å²) < 4.78 is 0. The number of phenols is 1. The zero-order valence-corrected chi connectivity index (χ0v) is 19.7. The van der Waals surface area contributed by atoms with Crippen LogP contribution in [0, 0.1) is 11.8 Å². The van der Waals surface area contributed by atoms with Gasteiger partial charge in [0.1, 0.15) is 22.8 Å². The molecule has 3 aliphatic rings. The van der Waals surface area contributed by atoms with Crippen LogP contribution in [0.4, 0.5) is 5.69 Å². The van der Waals surface area contributed by atoms with Crippen molar-refractivity contribution in [2.75, 3.05) is 33.1 Å². The average Bonchev–Trinajstić information content (AvgIpc) is 2.75. The highest BCUT2D eigenvalue weighted by Crippen LogP contribution is 2.53. The molecule has 0 aliphatic heterocycles. The largest absolute Gasteiger partial charge is 0.508 e. The summed E-state index contributed by atoms with van der Waals surface area (Å²) in [5, 5.41) is 44.2. The number of primary amides is 1. The summed E-state index contributed by atoms with van der Waals surface area (Å²) in [6, 6.07) is 1.51. The number of amides is 2. The van der Waals surface area contributed by atoms with E-state index in [9.17, 15) is 39.6 Å². The van der Waals surface area contributed by atoms with Gasteiger partial charge >= 0.3 is 0 Å². The van der Waals surface area contributed by atoms with E-state index in [2.05, 4.69) is 0 Å². The number of ketones is 2. The second kappa shape index (κ2) is 7.84. The van der Waals surface area contributed by atoms with Crippen molar-refractivity contribution >= 4 is 34.8 Å². The van der Waals surface area contributed by atoms with Crippen molar-refractivity contribution in [2.24, 2.45) is 17.6 Å². The van der Waals surface area contributed by atoms with Crippen LogP contribution in [0.2, 0.25) is 0 Å². The molecule has 11 heteroatoms. The Labute approximate surface area is 200 Å². The second-order valence-electron chi connectivity index (χ2n) is 9.65. The SMILES string of the molecule is CN(C)C(=O)c1cc(N(C)C)c2c(c1O)C(O)=C1C(=O)[C@]3(O)C(O)=C(C(N)=O)C(=O)C[C@@H]3CC1C2. The molecule has 2 amide bonds. The minimum Gasteiger partial charge on any atom is -0.508 e. The lowest BCUT2D eigenvalue weighted by Gasteiger charge is -2.46. The molecule has 0 spiro atoms. The molecular formula is C24H27N3O8. The molecule has 1 saturated carbocycles. The number of aliphatic hydroxyl groups is 3. The number of rotatable bonds is 3. The number of nitrogens with two attached hydrogens (primary N) is 1. The highest BCUT2D eigenvalue weighted by atomic mass is 16.3. The fraction of sp³-hybridized carbons (Fsp3) is 0.417. The standard InChI is InChI=1S/C24H27N3O8/c1-26(2)13-8-12(23(34)27(3)4)18(29)16-11(13)6-9-5-10-7-14(28)17(22(25)33)21(32)24(10,35)20(31)15(9)19(16)30/h8-10,29-30,32,35H,5-7H2,1-4H3,(H2,25,33)/t9?,10-,24-/m0/s1. The Kier molecular flexibility index (Phi) is 5.44. The molecule has 186 valence electrons. The maximum Gasteiger partial charge on any atom is 0.257 e. The maximum absolute atomic E-state index is 13.6. The Hall–Kier alpha value is -3.86. The Bertz CT molecular complexity index is 1280. The number of hydrogen-bond acceptors (Lipinski definition) is 9. The van der Waals surface area contributed by atoms with Gasteiger partial charge in [0.25, 0.3) is 11.8 Å². The van der Waals surface area contributed by atoms with Gasteiger partial charge in [-0.3, -0.25) is 19.2 Å². The van der Waals surface area contributed by atoms with Crippen molar-refractivity contribution in [1.29, 1.82) is 0 Å². The summed E-state index contributed by atoms with van der Waals surface area (Å²) in [5.41, 5.74) is 2.29. The van der Waals surface area contributed by atoms with Crippen molar-refractivity contribution in [3.8, 4) is 5.75 Å². The van der Waals surface area contributed by atoms with Gasteiger partial charge in [0.2, 0.25) is 5.78 Å². The first kappa shape index (κ1) is 24.3. The summed E-state index contributed by atoms with van der Waals surface area (Å²) in [5.74, 6) is -7.64. The zero-order chi connectivity index (χ0) is 26.1. The number of fused-ring (bicyclic) bond motifs is 3. The number of anilines is 1. The zero-order valence-electron chi connectivity index (χ0n) is 19.7. The first-order valence-electron chi connectivity index (χ1n) is 11.0. The topological polar surface area (TPSA) is 182 Å². The minimum absolute atomic E-state index is 0.0366. The summed E-state index contributed by atoms with van der Waals surface area (Å²) in [6.45, 7) is 0. The van der Waals surface area contributed by atoms with Crippen molar-refractivity contribution in [1.82, 2.24) is 4.90 Å². The van der Waals surface area contributed by atoms with E-state index >= 15 is 0 Å². The molecule has 0 bridgehead atoms. The van der Waals surface area contributed by atoms with E-state index in [-0.39, 0.29) is 36.0 Å². The number of Topliss-reactive ketones (excluding diaryl/α,β-unsaturated/α-hetero) is 2. The Morgan fingerprint density at radius 2 is 1.71 bits per heavy atom. The Morgan fingerprint density at radius 1 is 1.09 bits per heavy atom. The number of benzene rings is 1. The number of hydrogen-bond donors (Lipinski definition) is 5. The summed E-state index contributed by atoms with van der Waals surface area (Å²) in [6.07, 6.45) is -0.190. The number of nitrogens with zero attached hydrogens (tertiary/aromatic N) is 2. The van der Waals surface area contributed by atoms with Crippen LogP contribution < -0.4 is 10.6 Å². The smallest absolute Gasteiger partial charge is 0.257 e. The lowest BCUT2D eigenvalue weighted by Crippen LogP contribution is -2.58. The van der Waals surface area contributed by atoms with Crippen molar-refractivity contribution in [3.63, 3.8) is 0 Å². The molecule has 35 heavy (non-hydrogen) atoms. The average molecular weight is 485 g/mol. The van der Waals surface area contributed by atoms with Gasteiger partial charge < -0.3 is 36.0 Å². The van der Waals surface area contributed by atoms with Crippen molar-refractivity contribution in [2.45, 2.75) is 24.9 Å². The predicted octanol–water partition coefficient (Wildman–Crippen LogP) is 0.192. The molecule has 3 atom stereocenters. The summed E-state index contributed by atoms with van der Waals surface area (Å²) >= 11 is 0. The van der Waals surface area contributed by atoms with Crippen LogP contribution in [0.15, 0.2) is 23.0 Å². The lowest BCUT2D eigenvalue weighted by atomic mass is 9.59. The van der Waals surface area contributed by atoms with Crippen LogP contribution in [0.25, 0.3) is 5.76 Å². The van der Waals surface area contributed by atoms with Crippen molar-refractivity contribution < 1.29 is 39.6 Å².